The summed E-state index contributed by atoms with van der Waals surface area (Å²) in [5, 5.41) is 11.4. The van der Waals surface area contributed by atoms with Crippen LogP contribution in [0.25, 0.3) is 0 Å². The van der Waals surface area contributed by atoms with E-state index < -0.39 is 10.2 Å². The summed E-state index contributed by atoms with van der Waals surface area (Å²) in [6.45, 7) is 0. The fraction of sp³-hybridized carbons (Fsp3) is 0.167. The van der Waals surface area contributed by atoms with Crippen molar-refractivity contribution in [1.29, 1.82) is 0 Å². The van der Waals surface area contributed by atoms with Crippen LogP contribution < -0.4 is 10.0 Å². The number of benzene rings is 1. The summed E-state index contributed by atoms with van der Waals surface area (Å²) in [4.78, 5) is 0. The predicted molar refractivity (Wildman–Crippen MR) is 83.0 cm³/mol. The van der Waals surface area contributed by atoms with Gasteiger partial charge in [-0.3, -0.25) is 4.72 Å². The van der Waals surface area contributed by atoms with Crippen molar-refractivity contribution in [3.63, 3.8) is 0 Å². The van der Waals surface area contributed by atoms with E-state index in [1.807, 2.05) is 0 Å². The van der Waals surface area contributed by atoms with E-state index in [-0.39, 0.29) is 5.82 Å². The molecule has 0 aliphatic carbocycles. The minimum absolute atomic E-state index is 0.144. The van der Waals surface area contributed by atoms with E-state index in [0.717, 1.165) is 9.99 Å². The molecular formula is C12H14ClN5O2S. The van der Waals surface area contributed by atoms with Gasteiger partial charge in [0.05, 0.1) is 0 Å². The second kappa shape index (κ2) is 6.25. The zero-order valence-electron chi connectivity index (χ0n) is 11.4. The summed E-state index contributed by atoms with van der Waals surface area (Å²) in [5.41, 5.74) is 0.801. The molecular weight excluding hydrogens is 314 g/mol. The monoisotopic (exact) mass is 327 g/mol. The van der Waals surface area contributed by atoms with Gasteiger partial charge in [-0.1, -0.05) is 11.6 Å². The maximum Gasteiger partial charge on any atom is 0.302 e. The summed E-state index contributed by atoms with van der Waals surface area (Å²) in [5.74, 6) is 0.635. The van der Waals surface area contributed by atoms with Crippen molar-refractivity contribution in [3.05, 3.63) is 41.4 Å². The smallest absolute Gasteiger partial charge is 0.302 e. The van der Waals surface area contributed by atoms with Crippen LogP contribution in [-0.2, 0) is 10.2 Å². The maximum absolute atomic E-state index is 11.6. The second-order valence-electron chi connectivity index (χ2n) is 4.33. The highest BCUT2D eigenvalue weighted by atomic mass is 35.5. The van der Waals surface area contributed by atoms with Crippen LogP contribution in [0.15, 0.2) is 36.4 Å². The van der Waals surface area contributed by atoms with Crippen molar-refractivity contribution in [1.82, 2.24) is 14.5 Å². The quantitative estimate of drug-likeness (QED) is 0.878. The number of halogens is 1. The molecule has 0 saturated heterocycles. The maximum atomic E-state index is 11.6. The SMILES string of the molecule is CN(C)S(=O)(=O)Nc1ccc(Nc2ccc(Cl)cc2)nn1. The lowest BCUT2D eigenvalue weighted by atomic mass is 10.3. The third-order valence-corrected chi connectivity index (χ3v) is 4.18. The number of rotatable bonds is 5. The summed E-state index contributed by atoms with van der Waals surface area (Å²) < 4.78 is 26.6. The van der Waals surface area contributed by atoms with Crippen LogP contribution in [0.2, 0.25) is 5.02 Å². The fourth-order valence-corrected chi connectivity index (χ4v) is 2.04. The Morgan fingerprint density at radius 3 is 2.10 bits per heavy atom. The third-order valence-electron chi connectivity index (χ3n) is 2.50. The van der Waals surface area contributed by atoms with Crippen LogP contribution >= 0.6 is 11.6 Å². The Morgan fingerprint density at radius 2 is 1.57 bits per heavy atom. The van der Waals surface area contributed by atoms with Gasteiger partial charge in [-0.2, -0.15) is 12.7 Å². The topological polar surface area (TPSA) is 87.2 Å². The van der Waals surface area contributed by atoms with Crippen molar-refractivity contribution in [2.24, 2.45) is 0 Å². The van der Waals surface area contributed by atoms with E-state index in [9.17, 15) is 8.42 Å². The van der Waals surface area contributed by atoms with Gasteiger partial charge in [0.15, 0.2) is 11.6 Å². The van der Waals surface area contributed by atoms with E-state index in [1.165, 1.54) is 20.2 Å². The summed E-state index contributed by atoms with van der Waals surface area (Å²) >= 11 is 5.80. The lowest BCUT2D eigenvalue weighted by Gasteiger charge is -2.12. The Balaban J connectivity index is 2.07. The summed E-state index contributed by atoms with van der Waals surface area (Å²) in [6, 6.07) is 10.2. The Hall–Kier alpha value is -1.90. The standard InChI is InChI=1S/C12H14ClN5O2S/c1-18(2)21(19,20)17-12-8-7-11(15-16-12)14-10-5-3-9(13)4-6-10/h3-8H,1-2H3,(H,14,15)(H,16,17). The van der Waals surface area contributed by atoms with Gasteiger partial charge in [-0.15, -0.1) is 10.2 Å². The predicted octanol–water partition coefficient (Wildman–Crippen LogP) is 2.09. The molecule has 0 bridgehead atoms. The molecule has 7 nitrogen and oxygen atoms in total. The first-order valence-electron chi connectivity index (χ1n) is 5.93. The molecule has 1 heterocycles. The molecule has 1 aromatic heterocycles. The fourth-order valence-electron chi connectivity index (χ4n) is 1.36. The van der Waals surface area contributed by atoms with Crippen molar-refractivity contribution >= 4 is 39.1 Å². The van der Waals surface area contributed by atoms with Gasteiger partial charge in [0.25, 0.3) is 0 Å². The summed E-state index contributed by atoms with van der Waals surface area (Å²) in [7, 11) is -0.736. The highest BCUT2D eigenvalue weighted by Gasteiger charge is 2.13. The second-order valence-corrected chi connectivity index (χ2v) is 6.65. The van der Waals surface area contributed by atoms with Gasteiger partial charge >= 0.3 is 10.2 Å². The minimum Gasteiger partial charge on any atom is -0.339 e. The average Bonchev–Trinajstić information content (AvgIpc) is 2.43. The number of hydrogen-bond acceptors (Lipinski definition) is 5. The molecule has 0 unspecified atom stereocenters. The first kappa shape index (κ1) is 15.5. The highest BCUT2D eigenvalue weighted by Crippen LogP contribution is 2.17. The van der Waals surface area contributed by atoms with E-state index in [4.69, 9.17) is 11.6 Å². The molecule has 2 aromatic rings. The van der Waals surface area contributed by atoms with E-state index in [2.05, 4.69) is 20.2 Å². The molecule has 1 aromatic carbocycles. The number of hydrogen-bond donors (Lipinski definition) is 2. The molecule has 0 fully saturated rings. The van der Waals surface area contributed by atoms with Crippen molar-refractivity contribution in [2.75, 3.05) is 24.1 Å². The van der Waals surface area contributed by atoms with Crippen LogP contribution in [0.1, 0.15) is 0 Å². The van der Waals surface area contributed by atoms with Crippen LogP contribution in [0, 0.1) is 0 Å². The van der Waals surface area contributed by atoms with E-state index in [0.29, 0.717) is 10.8 Å². The molecule has 0 radical (unpaired) electrons. The van der Waals surface area contributed by atoms with E-state index >= 15 is 0 Å². The van der Waals surface area contributed by atoms with Crippen molar-refractivity contribution < 1.29 is 8.42 Å². The van der Waals surface area contributed by atoms with Gasteiger partial charge in [-0.05, 0) is 36.4 Å². The molecule has 21 heavy (non-hydrogen) atoms. The first-order chi connectivity index (χ1) is 9.87. The molecule has 0 aliphatic rings. The van der Waals surface area contributed by atoms with Crippen LogP contribution in [0.4, 0.5) is 17.3 Å². The molecule has 0 amide bonds. The zero-order chi connectivity index (χ0) is 15.5. The molecule has 2 rings (SSSR count). The Bertz CT molecular complexity index is 701. The van der Waals surface area contributed by atoms with Crippen molar-refractivity contribution in [2.45, 2.75) is 0 Å². The number of nitrogens with one attached hydrogen (secondary N) is 2. The van der Waals surface area contributed by atoms with E-state index in [1.54, 1.807) is 30.3 Å². The molecule has 2 N–H and O–H groups in total. The van der Waals surface area contributed by atoms with Gasteiger partial charge in [0.1, 0.15) is 0 Å². The number of nitrogens with zero attached hydrogens (tertiary/aromatic N) is 3. The molecule has 0 spiro atoms. The van der Waals surface area contributed by atoms with Crippen LogP contribution in [0.5, 0.6) is 0 Å². The zero-order valence-corrected chi connectivity index (χ0v) is 13.0. The first-order valence-corrected chi connectivity index (χ1v) is 7.75. The lowest BCUT2D eigenvalue weighted by molar-refractivity contribution is 0.526. The number of aromatic nitrogens is 2. The molecule has 112 valence electrons. The average molecular weight is 328 g/mol. The third kappa shape index (κ3) is 4.28. The Kier molecular flexibility index (Phi) is 4.61. The van der Waals surface area contributed by atoms with Crippen LogP contribution in [0.3, 0.4) is 0 Å². The molecule has 0 atom stereocenters. The molecule has 9 heteroatoms. The molecule has 0 saturated carbocycles. The van der Waals surface area contributed by atoms with Gasteiger partial charge < -0.3 is 5.32 Å². The van der Waals surface area contributed by atoms with Crippen LogP contribution in [-0.4, -0.2) is 37.0 Å². The van der Waals surface area contributed by atoms with Gasteiger partial charge in [0.2, 0.25) is 0 Å². The lowest BCUT2D eigenvalue weighted by Crippen LogP contribution is -2.29. The van der Waals surface area contributed by atoms with Gasteiger partial charge in [-0.25, -0.2) is 0 Å². The Morgan fingerprint density at radius 1 is 1.00 bits per heavy atom. The summed E-state index contributed by atoms with van der Waals surface area (Å²) in [6.07, 6.45) is 0. The minimum atomic E-state index is -3.58. The molecule has 0 aliphatic heterocycles. The van der Waals surface area contributed by atoms with Crippen molar-refractivity contribution in [3.8, 4) is 0 Å². The normalized spacial score (nSPS) is 11.4. The number of anilines is 3. The highest BCUT2D eigenvalue weighted by molar-refractivity contribution is 7.90. The van der Waals surface area contributed by atoms with Gasteiger partial charge in [0, 0.05) is 24.8 Å². The largest absolute Gasteiger partial charge is 0.339 e. The Labute approximate surface area is 128 Å².